The molecule has 1 aliphatic heterocycles. The van der Waals surface area contributed by atoms with Crippen LogP contribution in [0, 0.1) is 19.4 Å². The first-order valence-electron chi connectivity index (χ1n) is 15.2. The summed E-state index contributed by atoms with van der Waals surface area (Å²) in [6.07, 6.45) is 5.31. The monoisotopic (exact) mass is 590 g/mol. The molecule has 1 aliphatic rings. The van der Waals surface area contributed by atoms with Crippen LogP contribution in [0.3, 0.4) is 0 Å². The van der Waals surface area contributed by atoms with Gasteiger partial charge >= 0.3 is 0 Å². The van der Waals surface area contributed by atoms with Crippen molar-refractivity contribution >= 4 is 17.5 Å². The lowest BCUT2D eigenvalue weighted by Gasteiger charge is -2.32. The second-order valence-electron chi connectivity index (χ2n) is 11.4. The number of carbonyl (C=O) groups is 2. The second kappa shape index (κ2) is 15.0. The summed E-state index contributed by atoms with van der Waals surface area (Å²) in [4.78, 5) is 35.7. The number of nitrogens with zero attached hydrogens (tertiary/aromatic N) is 3. The Balaban J connectivity index is 1.09. The first-order valence-corrected chi connectivity index (χ1v) is 15.2. The van der Waals surface area contributed by atoms with Gasteiger partial charge in [-0.25, -0.2) is 9.83 Å². The minimum absolute atomic E-state index is 0.0405. The van der Waals surface area contributed by atoms with Crippen LogP contribution in [-0.2, 0) is 29.0 Å². The molecule has 0 bridgehead atoms. The third-order valence-corrected chi connectivity index (χ3v) is 8.02. The number of likely N-dealkylation sites (tertiary alicyclic amines) is 1. The molecule has 2 heterocycles. The second-order valence-corrected chi connectivity index (χ2v) is 11.4. The minimum atomic E-state index is -0.391. The number of carbonyl (C=O) groups excluding carboxylic acids is 2. The summed E-state index contributed by atoms with van der Waals surface area (Å²) in [6, 6.07) is 24.9. The van der Waals surface area contributed by atoms with E-state index in [1.165, 1.54) is 0 Å². The highest BCUT2D eigenvalue weighted by atomic mass is 16.5. The van der Waals surface area contributed by atoms with Crippen molar-refractivity contribution in [2.45, 2.75) is 58.1 Å². The van der Waals surface area contributed by atoms with E-state index < -0.39 is 6.04 Å². The van der Waals surface area contributed by atoms with Gasteiger partial charge in [0.05, 0.1) is 12.8 Å². The Morgan fingerprint density at radius 3 is 2.36 bits per heavy atom. The van der Waals surface area contributed by atoms with Gasteiger partial charge in [0, 0.05) is 32.4 Å². The molecule has 0 unspecified atom stereocenters. The summed E-state index contributed by atoms with van der Waals surface area (Å²) >= 11 is 0. The maximum absolute atomic E-state index is 13.2. The van der Waals surface area contributed by atoms with Gasteiger partial charge in [-0.3, -0.25) is 9.59 Å². The Bertz CT molecular complexity index is 1550. The molecule has 1 aromatic heterocycles. The van der Waals surface area contributed by atoms with Gasteiger partial charge in [0.1, 0.15) is 24.2 Å². The molecule has 0 spiro atoms. The van der Waals surface area contributed by atoms with E-state index in [0.717, 1.165) is 35.3 Å². The van der Waals surface area contributed by atoms with Crippen LogP contribution < -0.4 is 10.1 Å². The fourth-order valence-corrected chi connectivity index (χ4v) is 5.48. The van der Waals surface area contributed by atoms with Crippen LogP contribution in [0.15, 0.2) is 89.5 Å². The van der Waals surface area contributed by atoms with Gasteiger partial charge < -0.3 is 19.4 Å². The van der Waals surface area contributed by atoms with Crippen LogP contribution in [-0.4, -0.2) is 34.8 Å². The number of rotatable bonds is 12. The third-order valence-electron chi connectivity index (χ3n) is 8.02. The Kier molecular flexibility index (Phi) is 10.4. The number of aromatic nitrogens is 1. The summed E-state index contributed by atoms with van der Waals surface area (Å²) in [6.45, 7) is 10.7. The number of nitrogens with one attached hydrogen (secondary N) is 1. The summed E-state index contributed by atoms with van der Waals surface area (Å²) in [5.74, 6) is 2.28. The molecule has 226 valence electrons. The quantitative estimate of drug-likeness (QED) is 0.184. The molecule has 2 amide bonds. The molecule has 1 atom stereocenters. The number of benzene rings is 3. The van der Waals surface area contributed by atoms with Crippen molar-refractivity contribution in [2.24, 2.45) is 5.92 Å². The first-order chi connectivity index (χ1) is 21.4. The topological polar surface area (TPSA) is 89.0 Å². The van der Waals surface area contributed by atoms with Gasteiger partial charge in [0.15, 0.2) is 5.69 Å². The van der Waals surface area contributed by atoms with E-state index in [4.69, 9.17) is 15.7 Å². The Hall–Kier alpha value is -4.90. The van der Waals surface area contributed by atoms with E-state index in [-0.39, 0.29) is 17.7 Å². The summed E-state index contributed by atoms with van der Waals surface area (Å²) in [5.41, 5.74) is 3.80. The largest absolute Gasteiger partial charge is 0.489 e. The Morgan fingerprint density at radius 2 is 1.70 bits per heavy atom. The summed E-state index contributed by atoms with van der Waals surface area (Å²) < 4.78 is 11.7. The predicted molar refractivity (Wildman–Crippen MR) is 168 cm³/mol. The van der Waals surface area contributed by atoms with Crippen LogP contribution in [0.1, 0.15) is 60.1 Å². The molecule has 3 aromatic carbocycles. The molecule has 0 radical (unpaired) electrons. The van der Waals surface area contributed by atoms with Crippen LogP contribution in [0.25, 0.3) is 4.85 Å². The van der Waals surface area contributed by atoms with Gasteiger partial charge in [-0.05, 0) is 55.4 Å². The van der Waals surface area contributed by atoms with Crippen molar-refractivity contribution in [1.82, 2.24) is 15.2 Å². The number of hydrogen-bond acceptors (Lipinski definition) is 5. The molecule has 4 aromatic rings. The van der Waals surface area contributed by atoms with Crippen molar-refractivity contribution in [2.75, 3.05) is 13.1 Å². The average molecular weight is 591 g/mol. The van der Waals surface area contributed by atoms with Crippen molar-refractivity contribution in [3.63, 3.8) is 0 Å². The minimum Gasteiger partial charge on any atom is -0.489 e. The van der Waals surface area contributed by atoms with E-state index in [0.29, 0.717) is 62.7 Å². The molecule has 8 heteroatoms. The predicted octanol–water partition coefficient (Wildman–Crippen LogP) is 6.77. The molecule has 1 N–H and O–H groups in total. The number of hydrogen-bond donors (Lipinski definition) is 1. The fraction of sp³-hybridized carbons (Fsp3) is 0.333. The van der Waals surface area contributed by atoms with Crippen LogP contribution >= 0.6 is 0 Å². The molecule has 5 rings (SSSR count). The van der Waals surface area contributed by atoms with Gasteiger partial charge in [0.2, 0.25) is 17.7 Å². The highest BCUT2D eigenvalue weighted by Gasteiger charge is 2.26. The molecular weight excluding hydrogens is 552 g/mol. The zero-order valence-corrected chi connectivity index (χ0v) is 25.1. The van der Waals surface area contributed by atoms with E-state index in [9.17, 15) is 9.59 Å². The summed E-state index contributed by atoms with van der Waals surface area (Å²) in [7, 11) is 0. The van der Waals surface area contributed by atoms with E-state index in [1.807, 2.05) is 78.6 Å². The Labute approximate surface area is 258 Å². The number of oxazole rings is 1. The van der Waals surface area contributed by atoms with Crippen molar-refractivity contribution in [3.05, 3.63) is 125 Å². The Morgan fingerprint density at radius 1 is 1.00 bits per heavy atom. The number of piperidine rings is 1. The third kappa shape index (κ3) is 8.81. The molecule has 1 fully saturated rings. The lowest BCUT2D eigenvalue weighted by atomic mass is 9.92. The molecule has 44 heavy (non-hydrogen) atoms. The number of amides is 2. The zero-order chi connectivity index (χ0) is 30.7. The molecule has 8 nitrogen and oxygen atoms in total. The molecule has 1 saturated heterocycles. The maximum atomic E-state index is 13.2. The molecule has 0 saturated carbocycles. The van der Waals surface area contributed by atoms with Gasteiger partial charge in [-0.15, -0.1) is 0 Å². The lowest BCUT2D eigenvalue weighted by molar-refractivity contribution is -0.132. The smallest absolute Gasteiger partial charge is 0.222 e. The van der Waals surface area contributed by atoms with Gasteiger partial charge in [-0.2, -0.15) is 0 Å². The summed E-state index contributed by atoms with van der Waals surface area (Å²) in [5, 5.41) is 3.16. The highest BCUT2D eigenvalue weighted by molar-refractivity contribution is 5.77. The first kappa shape index (κ1) is 30.6. The molecular formula is C36H38N4O4. The maximum Gasteiger partial charge on any atom is 0.222 e. The average Bonchev–Trinajstić information content (AvgIpc) is 3.50. The van der Waals surface area contributed by atoms with Gasteiger partial charge in [-0.1, -0.05) is 72.3 Å². The van der Waals surface area contributed by atoms with Crippen molar-refractivity contribution in [1.29, 1.82) is 0 Å². The van der Waals surface area contributed by atoms with Crippen LogP contribution in [0.2, 0.25) is 0 Å². The highest BCUT2D eigenvalue weighted by Crippen LogP contribution is 2.25. The standard InChI is InChI=1S/C36H38N4O4/c1-26-24-38-36(44-26)33(22-28-10-15-32(16-11-28)43-25-30-6-4-3-5-7-30)39-34(41)23-29-18-20-40(21-19-29)35(42)17-12-27-8-13-31(37-2)14-9-27/h3-11,13-16,24,29,33H,12,17-23,25H2,1H3,(H,39,41)/t33-/m0/s1. The lowest BCUT2D eigenvalue weighted by Crippen LogP contribution is -2.40. The SMILES string of the molecule is [C-]#[N+]c1ccc(CCC(=O)N2CCC(CC(=O)N[C@@H](Cc3ccc(OCc4ccccc4)cc3)c3ncc(C)o3)CC2)cc1. The number of ether oxygens (including phenoxy) is 1. The van der Waals surface area contributed by atoms with E-state index in [1.54, 1.807) is 18.3 Å². The number of aryl methyl sites for hydroxylation is 2. The molecule has 0 aliphatic carbocycles. The van der Waals surface area contributed by atoms with Gasteiger partial charge in [0.25, 0.3) is 0 Å². The van der Waals surface area contributed by atoms with Crippen molar-refractivity contribution < 1.29 is 18.7 Å². The fourth-order valence-electron chi connectivity index (χ4n) is 5.48. The van der Waals surface area contributed by atoms with Crippen molar-refractivity contribution in [3.8, 4) is 5.75 Å². The van der Waals surface area contributed by atoms with Crippen LogP contribution in [0.5, 0.6) is 5.75 Å². The van der Waals surface area contributed by atoms with E-state index in [2.05, 4.69) is 15.1 Å². The zero-order valence-electron chi connectivity index (χ0n) is 25.1. The normalized spacial score (nSPS) is 14.0. The van der Waals surface area contributed by atoms with E-state index >= 15 is 0 Å². The van der Waals surface area contributed by atoms with Crippen LogP contribution in [0.4, 0.5) is 5.69 Å².